The molecule has 1 aromatic heterocycles. The Kier molecular flexibility index (Phi) is 3.35. The van der Waals surface area contributed by atoms with E-state index in [0.29, 0.717) is 6.54 Å². The van der Waals surface area contributed by atoms with Gasteiger partial charge in [0.05, 0.1) is 18.1 Å². The van der Waals surface area contributed by atoms with Crippen LogP contribution >= 0.6 is 0 Å². The monoisotopic (exact) mass is 228 g/mol. The van der Waals surface area contributed by atoms with Crippen molar-refractivity contribution in [1.29, 1.82) is 0 Å². The van der Waals surface area contributed by atoms with Crippen LogP contribution < -0.4 is 10.6 Å². The molecule has 0 spiro atoms. The highest BCUT2D eigenvalue weighted by molar-refractivity contribution is 5.58. The molecule has 2 rings (SSSR count). The van der Waals surface area contributed by atoms with Gasteiger partial charge in [0.2, 0.25) is 0 Å². The van der Waals surface area contributed by atoms with Gasteiger partial charge >= 0.3 is 0 Å². The van der Waals surface area contributed by atoms with Crippen LogP contribution in [0.25, 0.3) is 0 Å². The fourth-order valence-electron chi connectivity index (χ4n) is 1.60. The molecule has 0 fully saturated rings. The quantitative estimate of drug-likeness (QED) is 0.873. The first-order chi connectivity index (χ1) is 8.20. The minimum absolute atomic E-state index is 0.418. The molecule has 0 atom stereocenters. The summed E-state index contributed by atoms with van der Waals surface area (Å²) in [6, 6.07) is 8.26. The zero-order valence-corrected chi connectivity index (χ0v) is 10.1. The summed E-state index contributed by atoms with van der Waals surface area (Å²) in [7, 11) is 1.97. The lowest BCUT2D eigenvalue weighted by Crippen LogP contribution is -2.12. The normalized spacial score (nSPS) is 10.3. The lowest BCUT2D eigenvalue weighted by molar-refractivity contribution is 0.952. The summed E-state index contributed by atoms with van der Waals surface area (Å²) >= 11 is 0. The maximum Gasteiger partial charge on any atom is 0.151 e. The third kappa shape index (κ3) is 2.60. The maximum atomic E-state index is 5.49. The Labute approximate surface area is 101 Å². The van der Waals surface area contributed by atoms with Crippen molar-refractivity contribution >= 4 is 11.5 Å². The number of aromatic nitrogens is 2. The van der Waals surface area contributed by atoms with Crippen molar-refractivity contribution in [2.75, 3.05) is 11.9 Å². The van der Waals surface area contributed by atoms with Gasteiger partial charge in [0.1, 0.15) is 0 Å². The average Bonchev–Trinajstić information content (AvgIpc) is 2.38. The second kappa shape index (κ2) is 4.93. The molecule has 2 aromatic rings. The number of nitrogens with zero attached hydrogens (tertiary/aromatic N) is 3. The molecule has 0 aliphatic rings. The lowest BCUT2D eigenvalue weighted by Gasteiger charge is -2.18. The summed E-state index contributed by atoms with van der Waals surface area (Å²) in [5.74, 6) is 0.813. The maximum absolute atomic E-state index is 5.49. The molecule has 17 heavy (non-hydrogen) atoms. The molecule has 88 valence electrons. The minimum Gasteiger partial charge on any atom is -0.328 e. The molecule has 1 aromatic carbocycles. The van der Waals surface area contributed by atoms with Crippen LogP contribution in [0, 0.1) is 6.92 Å². The molecule has 0 aliphatic carbocycles. The van der Waals surface area contributed by atoms with E-state index in [9.17, 15) is 0 Å². The van der Waals surface area contributed by atoms with Crippen LogP contribution in [0.1, 0.15) is 11.3 Å². The summed E-state index contributed by atoms with van der Waals surface area (Å²) in [5.41, 5.74) is 8.61. The van der Waals surface area contributed by atoms with Crippen molar-refractivity contribution in [1.82, 2.24) is 9.97 Å². The minimum atomic E-state index is 0.418. The summed E-state index contributed by atoms with van der Waals surface area (Å²) in [6.45, 7) is 2.49. The number of aryl methyl sites for hydroxylation is 1. The van der Waals surface area contributed by atoms with Crippen molar-refractivity contribution in [3.8, 4) is 0 Å². The van der Waals surface area contributed by atoms with Gasteiger partial charge in [0.15, 0.2) is 5.82 Å². The Morgan fingerprint density at radius 2 is 2.06 bits per heavy atom. The number of benzene rings is 1. The van der Waals surface area contributed by atoms with Gasteiger partial charge in [0, 0.05) is 19.3 Å². The third-order valence-electron chi connectivity index (χ3n) is 2.63. The van der Waals surface area contributed by atoms with Crippen molar-refractivity contribution < 1.29 is 0 Å². The van der Waals surface area contributed by atoms with Gasteiger partial charge in [-0.1, -0.05) is 12.1 Å². The molecule has 0 bridgehead atoms. The van der Waals surface area contributed by atoms with Gasteiger partial charge < -0.3 is 10.6 Å². The van der Waals surface area contributed by atoms with Crippen LogP contribution in [0.2, 0.25) is 0 Å². The van der Waals surface area contributed by atoms with E-state index in [1.807, 2.05) is 24.1 Å². The van der Waals surface area contributed by atoms with Crippen LogP contribution in [-0.2, 0) is 6.54 Å². The van der Waals surface area contributed by atoms with Crippen molar-refractivity contribution in [3.63, 3.8) is 0 Å². The van der Waals surface area contributed by atoms with Crippen LogP contribution in [0.15, 0.2) is 36.7 Å². The number of rotatable bonds is 3. The highest BCUT2D eigenvalue weighted by atomic mass is 15.2. The SMILES string of the molecule is Cc1cccc(N(C)c2cnc(CN)cn2)c1. The van der Waals surface area contributed by atoms with Crippen molar-refractivity contribution in [2.24, 2.45) is 5.73 Å². The van der Waals surface area contributed by atoms with Gasteiger partial charge in [0.25, 0.3) is 0 Å². The van der Waals surface area contributed by atoms with E-state index in [4.69, 9.17) is 5.73 Å². The van der Waals surface area contributed by atoms with Gasteiger partial charge in [-0.2, -0.15) is 0 Å². The molecular weight excluding hydrogens is 212 g/mol. The van der Waals surface area contributed by atoms with E-state index in [0.717, 1.165) is 17.2 Å². The van der Waals surface area contributed by atoms with Gasteiger partial charge in [-0.3, -0.25) is 4.98 Å². The van der Waals surface area contributed by atoms with E-state index >= 15 is 0 Å². The molecule has 0 saturated heterocycles. The molecule has 0 saturated carbocycles. The van der Waals surface area contributed by atoms with E-state index in [2.05, 4.69) is 29.0 Å². The molecule has 4 heteroatoms. The highest BCUT2D eigenvalue weighted by Gasteiger charge is 2.05. The molecule has 0 unspecified atom stereocenters. The van der Waals surface area contributed by atoms with Gasteiger partial charge in [-0.25, -0.2) is 4.98 Å². The Morgan fingerprint density at radius 3 is 2.65 bits per heavy atom. The summed E-state index contributed by atoms with van der Waals surface area (Å²) < 4.78 is 0. The van der Waals surface area contributed by atoms with Crippen LogP contribution in [0.5, 0.6) is 0 Å². The summed E-state index contributed by atoms with van der Waals surface area (Å²) in [5, 5.41) is 0. The Hall–Kier alpha value is -1.94. The van der Waals surface area contributed by atoms with E-state index in [1.54, 1.807) is 12.4 Å². The van der Waals surface area contributed by atoms with Crippen LogP contribution in [0.3, 0.4) is 0 Å². The van der Waals surface area contributed by atoms with Gasteiger partial charge in [-0.05, 0) is 24.6 Å². The standard InChI is InChI=1S/C13H16N4/c1-10-4-3-5-12(6-10)17(2)13-9-15-11(7-14)8-16-13/h3-6,8-9H,7,14H2,1-2H3. The average molecular weight is 228 g/mol. The van der Waals surface area contributed by atoms with Crippen molar-refractivity contribution in [2.45, 2.75) is 13.5 Å². The predicted octanol–water partition coefficient (Wildman–Crippen LogP) is 2.01. The first-order valence-corrected chi connectivity index (χ1v) is 5.52. The molecule has 2 N–H and O–H groups in total. The predicted molar refractivity (Wildman–Crippen MR) is 69.2 cm³/mol. The molecule has 1 heterocycles. The Morgan fingerprint density at radius 1 is 1.24 bits per heavy atom. The first-order valence-electron chi connectivity index (χ1n) is 5.52. The Bertz CT molecular complexity index is 493. The summed E-state index contributed by atoms with van der Waals surface area (Å²) in [4.78, 5) is 10.6. The van der Waals surface area contributed by atoms with Crippen molar-refractivity contribution in [3.05, 3.63) is 47.9 Å². The fourth-order valence-corrected chi connectivity index (χ4v) is 1.60. The number of anilines is 2. The topological polar surface area (TPSA) is 55.0 Å². The molecule has 4 nitrogen and oxygen atoms in total. The molecule has 0 radical (unpaired) electrons. The van der Waals surface area contributed by atoms with E-state index < -0.39 is 0 Å². The molecule has 0 aliphatic heterocycles. The lowest BCUT2D eigenvalue weighted by atomic mass is 10.2. The highest BCUT2D eigenvalue weighted by Crippen LogP contribution is 2.21. The summed E-state index contributed by atoms with van der Waals surface area (Å²) in [6.07, 6.45) is 3.45. The smallest absolute Gasteiger partial charge is 0.151 e. The number of nitrogens with two attached hydrogens (primary N) is 1. The number of hydrogen-bond acceptors (Lipinski definition) is 4. The second-order valence-electron chi connectivity index (χ2n) is 3.97. The Balaban J connectivity index is 2.27. The van der Waals surface area contributed by atoms with Gasteiger partial charge in [-0.15, -0.1) is 0 Å². The van der Waals surface area contributed by atoms with E-state index in [-0.39, 0.29) is 0 Å². The fraction of sp³-hybridized carbons (Fsp3) is 0.231. The zero-order chi connectivity index (χ0) is 12.3. The molecule has 0 amide bonds. The van der Waals surface area contributed by atoms with Crippen LogP contribution in [0.4, 0.5) is 11.5 Å². The third-order valence-corrected chi connectivity index (χ3v) is 2.63. The first kappa shape index (κ1) is 11.5. The van der Waals surface area contributed by atoms with Crippen LogP contribution in [-0.4, -0.2) is 17.0 Å². The largest absolute Gasteiger partial charge is 0.328 e. The molecular formula is C13H16N4. The second-order valence-corrected chi connectivity index (χ2v) is 3.97. The number of hydrogen-bond donors (Lipinski definition) is 1. The van der Waals surface area contributed by atoms with E-state index in [1.165, 1.54) is 5.56 Å². The zero-order valence-electron chi connectivity index (χ0n) is 10.1.